The molecule has 0 aliphatic heterocycles. The molecule has 0 N–H and O–H groups in total. The van der Waals surface area contributed by atoms with Crippen molar-refractivity contribution >= 4 is 17.5 Å². The molecule has 3 heterocycles. The SMILES string of the molecule is CN(C)C(=O)c1cnn(C)c1C(=O)Cc1ccn2cc(-c3cccc(F)c3)nc2n1. The highest BCUT2D eigenvalue weighted by Gasteiger charge is 2.23. The van der Waals surface area contributed by atoms with Crippen molar-refractivity contribution < 1.29 is 14.0 Å². The fraction of sp³-hybridized carbons (Fsp3) is 0.190. The molecule has 152 valence electrons. The first-order valence-corrected chi connectivity index (χ1v) is 9.21. The van der Waals surface area contributed by atoms with Gasteiger partial charge in [-0.05, 0) is 18.2 Å². The summed E-state index contributed by atoms with van der Waals surface area (Å²) in [6, 6.07) is 7.87. The van der Waals surface area contributed by atoms with Gasteiger partial charge in [-0.15, -0.1) is 0 Å². The second kappa shape index (κ2) is 7.51. The Labute approximate surface area is 171 Å². The van der Waals surface area contributed by atoms with E-state index in [0.29, 0.717) is 22.7 Å². The van der Waals surface area contributed by atoms with Crippen LogP contribution >= 0.6 is 0 Å². The van der Waals surface area contributed by atoms with Gasteiger partial charge in [-0.25, -0.2) is 14.4 Å². The number of imidazole rings is 1. The van der Waals surface area contributed by atoms with Gasteiger partial charge in [-0.2, -0.15) is 5.10 Å². The van der Waals surface area contributed by atoms with Crippen molar-refractivity contribution in [3.8, 4) is 11.3 Å². The van der Waals surface area contributed by atoms with E-state index < -0.39 is 0 Å². The van der Waals surface area contributed by atoms with E-state index in [1.54, 1.807) is 56.1 Å². The topological polar surface area (TPSA) is 85.4 Å². The number of aromatic nitrogens is 5. The van der Waals surface area contributed by atoms with E-state index in [-0.39, 0.29) is 35.2 Å². The van der Waals surface area contributed by atoms with Gasteiger partial charge in [-0.1, -0.05) is 12.1 Å². The van der Waals surface area contributed by atoms with E-state index in [0.717, 1.165) is 0 Å². The van der Waals surface area contributed by atoms with Gasteiger partial charge in [-0.3, -0.25) is 18.7 Å². The molecule has 0 saturated heterocycles. The summed E-state index contributed by atoms with van der Waals surface area (Å²) in [6.45, 7) is 0. The molecule has 0 spiro atoms. The van der Waals surface area contributed by atoms with E-state index in [2.05, 4.69) is 15.1 Å². The number of benzene rings is 1. The van der Waals surface area contributed by atoms with E-state index in [4.69, 9.17) is 0 Å². The van der Waals surface area contributed by atoms with Crippen LogP contribution in [0, 0.1) is 5.82 Å². The molecule has 0 aliphatic carbocycles. The molecule has 8 nitrogen and oxygen atoms in total. The number of halogens is 1. The third-order valence-electron chi connectivity index (χ3n) is 4.69. The highest BCUT2D eigenvalue weighted by molar-refractivity contribution is 6.07. The van der Waals surface area contributed by atoms with Crippen molar-refractivity contribution in [2.24, 2.45) is 7.05 Å². The van der Waals surface area contributed by atoms with Crippen molar-refractivity contribution in [1.29, 1.82) is 0 Å². The fourth-order valence-electron chi connectivity index (χ4n) is 3.21. The first kappa shape index (κ1) is 19.4. The molecule has 4 rings (SSSR count). The number of carbonyl (C=O) groups excluding carboxylic acids is 2. The van der Waals surface area contributed by atoms with Gasteiger partial charge < -0.3 is 4.90 Å². The summed E-state index contributed by atoms with van der Waals surface area (Å²) >= 11 is 0. The Morgan fingerprint density at radius 3 is 2.70 bits per heavy atom. The molecule has 1 amide bonds. The zero-order chi connectivity index (χ0) is 21.4. The number of nitrogens with zero attached hydrogens (tertiary/aromatic N) is 6. The monoisotopic (exact) mass is 406 g/mol. The Bertz CT molecular complexity index is 1270. The molecule has 0 radical (unpaired) electrons. The third-order valence-corrected chi connectivity index (χ3v) is 4.69. The number of ketones is 1. The van der Waals surface area contributed by atoms with Crippen LogP contribution in [-0.2, 0) is 13.5 Å². The molecule has 0 bridgehead atoms. The average Bonchev–Trinajstić information content (AvgIpc) is 3.30. The lowest BCUT2D eigenvalue weighted by Crippen LogP contribution is -2.24. The molecule has 30 heavy (non-hydrogen) atoms. The molecule has 3 aromatic heterocycles. The Morgan fingerprint density at radius 2 is 1.97 bits per heavy atom. The molecule has 0 atom stereocenters. The molecular formula is C21H19FN6O2. The van der Waals surface area contributed by atoms with E-state index in [1.807, 2.05) is 0 Å². The molecule has 0 aliphatic rings. The van der Waals surface area contributed by atoms with E-state index in [1.165, 1.54) is 27.9 Å². The summed E-state index contributed by atoms with van der Waals surface area (Å²) in [6.07, 6.45) is 4.88. The number of aryl methyl sites for hydroxylation is 1. The normalized spacial score (nSPS) is 11.1. The van der Waals surface area contributed by atoms with Crippen LogP contribution in [-0.4, -0.2) is 54.8 Å². The van der Waals surface area contributed by atoms with Crippen LogP contribution in [0.5, 0.6) is 0 Å². The van der Waals surface area contributed by atoms with Crippen molar-refractivity contribution in [2.75, 3.05) is 14.1 Å². The molecule has 0 saturated carbocycles. The molecule has 0 unspecified atom stereocenters. The summed E-state index contributed by atoms with van der Waals surface area (Å²) in [4.78, 5) is 35.5. The largest absolute Gasteiger partial charge is 0.345 e. The van der Waals surface area contributed by atoms with Crippen LogP contribution in [0.4, 0.5) is 4.39 Å². The van der Waals surface area contributed by atoms with Crippen LogP contribution in [0.1, 0.15) is 26.5 Å². The summed E-state index contributed by atoms with van der Waals surface area (Å²) < 4.78 is 16.6. The maximum absolute atomic E-state index is 13.5. The van der Waals surface area contributed by atoms with Gasteiger partial charge in [0.05, 0.1) is 29.6 Å². The predicted octanol–water partition coefficient (Wildman–Crippen LogP) is 2.40. The van der Waals surface area contributed by atoms with Crippen molar-refractivity contribution in [3.63, 3.8) is 0 Å². The molecular weight excluding hydrogens is 387 g/mol. The molecule has 9 heteroatoms. The number of hydrogen-bond donors (Lipinski definition) is 0. The summed E-state index contributed by atoms with van der Waals surface area (Å²) in [5.74, 6) is -0.506. The lowest BCUT2D eigenvalue weighted by Gasteiger charge is -2.10. The summed E-state index contributed by atoms with van der Waals surface area (Å²) in [7, 11) is 4.86. The number of fused-ring (bicyclic) bond motifs is 1. The number of Topliss-reactive ketones (excluding diaryl/α,β-unsaturated/α-hetero) is 1. The minimum absolute atomic E-state index is 0.00804. The Kier molecular flexibility index (Phi) is 4.86. The van der Waals surface area contributed by atoms with Crippen LogP contribution in [0.2, 0.25) is 0 Å². The zero-order valence-corrected chi connectivity index (χ0v) is 16.7. The lowest BCUT2D eigenvalue weighted by molar-refractivity contribution is 0.0819. The number of carbonyl (C=O) groups is 2. The van der Waals surface area contributed by atoms with Crippen LogP contribution in [0.3, 0.4) is 0 Å². The van der Waals surface area contributed by atoms with E-state index in [9.17, 15) is 14.0 Å². The predicted molar refractivity (Wildman–Crippen MR) is 108 cm³/mol. The highest BCUT2D eigenvalue weighted by atomic mass is 19.1. The number of hydrogen-bond acceptors (Lipinski definition) is 5. The van der Waals surface area contributed by atoms with Crippen molar-refractivity contribution in [1.82, 2.24) is 29.0 Å². The minimum atomic E-state index is -0.344. The van der Waals surface area contributed by atoms with Crippen LogP contribution in [0.15, 0.2) is 48.9 Å². The van der Waals surface area contributed by atoms with Gasteiger partial charge in [0, 0.05) is 39.1 Å². The highest BCUT2D eigenvalue weighted by Crippen LogP contribution is 2.20. The summed E-state index contributed by atoms with van der Waals surface area (Å²) in [5, 5.41) is 4.06. The maximum atomic E-state index is 13.5. The minimum Gasteiger partial charge on any atom is -0.345 e. The third kappa shape index (κ3) is 3.57. The van der Waals surface area contributed by atoms with Gasteiger partial charge >= 0.3 is 0 Å². The van der Waals surface area contributed by atoms with Crippen molar-refractivity contribution in [2.45, 2.75) is 6.42 Å². The second-order valence-electron chi connectivity index (χ2n) is 7.09. The fourth-order valence-corrected chi connectivity index (χ4v) is 3.21. The number of rotatable bonds is 5. The van der Waals surface area contributed by atoms with Gasteiger partial charge in [0.25, 0.3) is 5.91 Å². The smallest absolute Gasteiger partial charge is 0.257 e. The van der Waals surface area contributed by atoms with Crippen LogP contribution < -0.4 is 0 Å². The molecule has 1 aromatic carbocycles. The van der Waals surface area contributed by atoms with E-state index >= 15 is 0 Å². The van der Waals surface area contributed by atoms with Gasteiger partial charge in [0.15, 0.2) is 5.78 Å². The number of amides is 1. The van der Waals surface area contributed by atoms with Crippen molar-refractivity contribution in [3.05, 3.63) is 71.7 Å². The first-order valence-electron chi connectivity index (χ1n) is 9.21. The quantitative estimate of drug-likeness (QED) is 0.475. The summed E-state index contributed by atoms with van der Waals surface area (Å²) in [5.41, 5.74) is 2.21. The second-order valence-corrected chi connectivity index (χ2v) is 7.09. The van der Waals surface area contributed by atoms with Gasteiger partial charge in [0.2, 0.25) is 5.78 Å². The standard InChI is InChI=1S/C21H19FN6O2/c1-26(2)20(30)16-11-23-27(3)19(16)18(29)10-15-7-8-28-12-17(25-21(28)24-15)13-5-4-6-14(22)9-13/h4-9,11-12H,10H2,1-3H3. The Morgan fingerprint density at radius 1 is 1.17 bits per heavy atom. The molecule has 4 aromatic rings. The van der Waals surface area contributed by atoms with Gasteiger partial charge in [0.1, 0.15) is 11.5 Å². The first-order chi connectivity index (χ1) is 14.3. The Balaban J connectivity index is 1.63. The lowest BCUT2D eigenvalue weighted by atomic mass is 10.1. The zero-order valence-electron chi connectivity index (χ0n) is 16.7. The average molecular weight is 406 g/mol. The Hall–Kier alpha value is -3.88. The maximum Gasteiger partial charge on any atom is 0.257 e. The molecule has 0 fully saturated rings. The van der Waals surface area contributed by atoms with Crippen LogP contribution in [0.25, 0.3) is 17.0 Å².